The molecule has 0 N–H and O–H groups in total. The molecule has 0 unspecified atom stereocenters. The Balaban J connectivity index is 0.00000320. The molecule has 0 atom stereocenters. The van der Waals surface area contributed by atoms with E-state index in [0.29, 0.717) is 19.5 Å². The third-order valence-corrected chi connectivity index (χ3v) is 7.66. The molecular formula is C23H35ClN2O3S. The number of benzene rings is 1. The highest BCUT2D eigenvalue weighted by atomic mass is 35.5. The van der Waals surface area contributed by atoms with Gasteiger partial charge in [0.1, 0.15) is 11.5 Å². The lowest BCUT2D eigenvalue weighted by Gasteiger charge is -2.25. The van der Waals surface area contributed by atoms with E-state index in [1.54, 1.807) is 4.31 Å². The molecular weight excluding hydrogens is 420 g/mol. The summed E-state index contributed by atoms with van der Waals surface area (Å²) in [5.41, 5.74) is 2.35. The Bertz CT molecular complexity index is 864. The number of rotatable bonds is 11. The summed E-state index contributed by atoms with van der Waals surface area (Å²) < 4.78 is 33.2. The maximum absolute atomic E-state index is 12.8. The Hall–Kier alpha value is -1.34. The second-order valence-corrected chi connectivity index (χ2v) is 9.91. The molecule has 0 radical (unpaired) electrons. The van der Waals surface area contributed by atoms with Crippen molar-refractivity contribution in [1.82, 2.24) is 9.21 Å². The molecule has 3 rings (SSSR count). The highest BCUT2D eigenvalue weighted by Gasteiger charge is 2.28. The number of aryl methyl sites for hydroxylation is 1. The van der Waals surface area contributed by atoms with Gasteiger partial charge in [-0.05, 0) is 44.0 Å². The molecule has 7 heteroatoms. The summed E-state index contributed by atoms with van der Waals surface area (Å²) in [5.74, 6) is 2.14. The summed E-state index contributed by atoms with van der Waals surface area (Å²) in [4.78, 5) is 2.30. The van der Waals surface area contributed by atoms with Gasteiger partial charge in [0, 0.05) is 25.1 Å². The average molecular weight is 455 g/mol. The number of hydrogen-bond acceptors (Lipinski definition) is 4. The van der Waals surface area contributed by atoms with Gasteiger partial charge in [0.15, 0.2) is 0 Å². The van der Waals surface area contributed by atoms with Gasteiger partial charge in [-0.25, -0.2) is 8.42 Å². The number of unbranched alkanes of at least 4 members (excludes halogenated alkanes) is 2. The van der Waals surface area contributed by atoms with E-state index in [0.717, 1.165) is 62.4 Å². The van der Waals surface area contributed by atoms with E-state index in [-0.39, 0.29) is 18.2 Å². The van der Waals surface area contributed by atoms with E-state index in [2.05, 4.69) is 36.9 Å². The van der Waals surface area contributed by atoms with E-state index in [4.69, 9.17) is 4.42 Å². The molecule has 0 bridgehead atoms. The van der Waals surface area contributed by atoms with Gasteiger partial charge >= 0.3 is 0 Å². The summed E-state index contributed by atoms with van der Waals surface area (Å²) in [6, 6.07) is 12.4. The lowest BCUT2D eigenvalue weighted by Crippen LogP contribution is -2.37. The van der Waals surface area contributed by atoms with Crippen LogP contribution in [0.1, 0.15) is 55.8 Å². The molecule has 0 amide bonds. The van der Waals surface area contributed by atoms with Crippen molar-refractivity contribution in [2.45, 2.75) is 59.0 Å². The SMILES string of the molecule is CCN(CC)Cc1cc2c(o1)CCN(S(=O)(=O)CCCCCc1ccccc1)C2.Cl. The first kappa shape index (κ1) is 24.9. The average Bonchev–Trinajstić information content (AvgIpc) is 3.14. The van der Waals surface area contributed by atoms with Crippen LogP contribution in [0.3, 0.4) is 0 Å². The summed E-state index contributed by atoms with van der Waals surface area (Å²) in [7, 11) is -3.21. The van der Waals surface area contributed by atoms with E-state index in [1.165, 1.54) is 5.56 Å². The molecule has 1 aromatic carbocycles. The number of fused-ring (bicyclic) bond motifs is 1. The van der Waals surface area contributed by atoms with Gasteiger partial charge in [-0.3, -0.25) is 4.90 Å². The molecule has 30 heavy (non-hydrogen) atoms. The monoisotopic (exact) mass is 454 g/mol. The third kappa shape index (κ3) is 6.84. The van der Waals surface area contributed by atoms with Crippen LogP contribution >= 0.6 is 12.4 Å². The van der Waals surface area contributed by atoms with Crippen molar-refractivity contribution in [3.63, 3.8) is 0 Å². The van der Waals surface area contributed by atoms with Crippen molar-refractivity contribution >= 4 is 22.4 Å². The quantitative estimate of drug-likeness (QED) is 0.464. The van der Waals surface area contributed by atoms with Crippen LogP contribution in [0.25, 0.3) is 0 Å². The molecule has 0 saturated carbocycles. The summed E-state index contributed by atoms with van der Waals surface area (Å²) >= 11 is 0. The van der Waals surface area contributed by atoms with E-state index < -0.39 is 10.0 Å². The van der Waals surface area contributed by atoms with Gasteiger partial charge in [0.25, 0.3) is 0 Å². The van der Waals surface area contributed by atoms with Gasteiger partial charge < -0.3 is 4.42 Å². The zero-order valence-corrected chi connectivity index (χ0v) is 19.8. The normalized spacial score (nSPS) is 14.5. The molecule has 5 nitrogen and oxygen atoms in total. The van der Waals surface area contributed by atoms with Crippen LogP contribution in [0.15, 0.2) is 40.8 Å². The second-order valence-electron chi connectivity index (χ2n) is 7.82. The van der Waals surface area contributed by atoms with Gasteiger partial charge in [0.2, 0.25) is 10.0 Å². The van der Waals surface area contributed by atoms with E-state index in [9.17, 15) is 8.42 Å². The zero-order valence-electron chi connectivity index (χ0n) is 18.2. The lowest BCUT2D eigenvalue weighted by atomic mass is 10.1. The summed E-state index contributed by atoms with van der Waals surface area (Å²) in [6.45, 7) is 8.00. The number of furan rings is 1. The molecule has 0 spiro atoms. The number of sulfonamides is 1. The molecule has 2 heterocycles. The Kier molecular flexibility index (Phi) is 9.88. The minimum Gasteiger partial charge on any atom is -0.464 e. The predicted molar refractivity (Wildman–Crippen MR) is 124 cm³/mol. The standard InChI is InChI=1S/C23H34N2O3S.ClH/c1-3-24(4-2)19-22-17-21-18-25(15-14-23(21)28-22)29(26,27)16-10-6-9-13-20-11-7-5-8-12-20;/h5,7-8,11-12,17H,3-4,6,9-10,13-16,18-19H2,1-2H3;1H. The minimum absolute atomic E-state index is 0. The van der Waals surface area contributed by atoms with Gasteiger partial charge in [-0.1, -0.05) is 50.6 Å². The molecule has 168 valence electrons. The van der Waals surface area contributed by atoms with E-state index >= 15 is 0 Å². The van der Waals surface area contributed by atoms with Crippen molar-refractivity contribution in [2.24, 2.45) is 0 Å². The topological polar surface area (TPSA) is 53.8 Å². The first-order valence-electron chi connectivity index (χ1n) is 10.9. The van der Waals surface area contributed by atoms with Gasteiger partial charge in [0.05, 0.1) is 12.3 Å². The number of halogens is 1. The van der Waals surface area contributed by atoms with Gasteiger partial charge in [-0.2, -0.15) is 4.31 Å². The maximum Gasteiger partial charge on any atom is 0.214 e. The Morgan fingerprint density at radius 3 is 2.50 bits per heavy atom. The van der Waals surface area contributed by atoms with Crippen molar-refractivity contribution in [3.05, 3.63) is 59.0 Å². The molecule has 1 aromatic heterocycles. The smallest absolute Gasteiger partial charge is 0.214 e. The summed E-state index contributed by atoms with van der Waals surface area (Å²) in [5, 5.41) is 0. The van der Waals surface area contributed by atoms with Crippen LogP contribution in [0.4, 0.5) is 0 Å². The van der Waals surface area contributed by atoms with Crippen LogP contribution < -0.4 is 0 Å². The van der Waals surface area contributed by atoms with Crippen molar-refractivity contribution in [3.8, 4) is 0 Å². The first-order valence-corrected chi connectivity index (χ1v) is 12.5. The van der Waals surface area contributed by atoms with Crippen LogP contribution in [0.5, 0.6) is 0 Å². The van der Waals surface area contributed by atoms with Crippen molar-refractivity contribution in [1.29, 1.82) is 0 Å². The molecule has 0 fully saturated rings. The molecule has 2 aromatic rings. The zero-order chi connectivity index (χ0) is 20.7. The molecule has 1 aliphatic rings. The second kappa shape index (κ2) is 11.9. The number of nitrogens with zero attached hydrogens (tertiary/aromatic N) is 2. The number of hydrogen-bond donors (Lipinski definition) is 0. The maximum atomic E-state index is 12.8. The van der Waals surface area contributed by atoms with Gasteiger partial charge in [-0.15, -0.1) is 12.4 Å². The molecule has 0 aliphatic carbocycles. The Morgan fingerprint density at radius 2 is 1.80 bits per heavy atom. The Morgan fingerprint density at radius 1 is 1.07 bits per heavy atom. The van der Waals surface area contributed by atoms with Crippen LogP contribution in [-0.4, -0.2) is 43.0 Å². The molecule has 1 aliphatic heterocycles. The fourth-order valence-electron chi connectivity index (χ4n) is 3.92. The van der Waals surface area contributed by atoms with Crippen LogP contribution in [0.2, 0.25) is 0 Å². The third-order valence-electron chi connectivity index (χ3n) is 5.76. The van der Waals surface area contributed by atoms with Crippen molar-refractivity contribution < 1.29 is 12.8 Å². The largest absolute Gasteiger partial charge is 0.464 e. The fraction of sp³-hybridized carbons (Fsp3) is 0.565. The van der Waals surface area contributed by atoms with Crippen LogP contribution in [0, 0.1) is 0 Å². The predicted octanol–water partition coefficient (Wildman–Crippen LogP) is 4.64. The Labute approximate surface area is 187 Å². The fourth-order valence-corrected chi connectivity index (χ4v) is 5.45. The molecule has 0 saturated heterocycles. The highest BCUT2D eigenvalue weighted by molar-refractivity contribution is 7.89. The van der Waals surface area contributed by atoms with E-state index in [1.807, 2.05) is 18.2 Å². The summed E-state index contributed by atoms with van der Waals surface area (Å²) in [6.07, 6.45) is 4.36. The van der Waals surface area contributed by atoms with Crippen LogP contribution in [-0.2, 0) is 36.0 Å². The van der Waals surface area contributed by atoms with Crippen molar-refractivity contribution in [2.75, 3.05) is 25.4 Å². The lowest BCUT2D eigenvalue weighted by molar-refractivity contribution is 0.263. The first-order chi connectivity index (χ1) is 14.0. The minimum atomic E-state index is -3.21. The highest BCUT2D eigenvalue weighted by Crippen LogP contribution is 2.26.